The van der Waals surface area contributed by atoms with Crippen molar-refractivity contribution in [2.24, 2.45) is 5.41 Å². The lowest BCUT2D eigenvalue weighted by Crippen LogP contribution is -2.48. The van der Waals surface area contributed by atoms with Gasteiger partial charge in [-0.15, -0.1) is 0 Å². The molecule has 1 aromatic carbocycles. The second kappa shape index (κ2) is 11.1. The number of hydrogen-bond acceptors (Lipinski definition) is 7. The first-order chi connectivity index (χ1) is 13.4. The molecule has 1 atom stereocenters. The molecule has 10 heteroatoms. The summed E-state index contributed by atoms with van der Waals surface area (Å²) >= 11 is 0. The Bertz CT molecular complexity index is 761. The number of carbonyl (C=O) groups is 2. The van der Waals surface area contributed by atoms with Crippen LogP contribution in [-0.2, 0) is 35.3 Å². The number of likely N-dealkylation sites (N-methyl/N-ethyl adjacent to an activating group) is 1. The van der Waals surface area contributed by atoms with Gasteiger partial charge in [0.15, 0.2) is 0 Å². The summed E-state index contributed by atoms with van der Waals surface area (Å²) in [6.07, 6.45) is -1.04. The lowest BCUT2D eigenvalue weighted by molar-refractivity contribution is -0.171. The molecule has 0 aliphatic rings. The Morgan fingerprint density at radius 1 is 1.17 bits per heavy atom. The molecule has 0 unspecified atom stereocenters. The van der Waals surface area contributed by atoms with E-state index in [1.54, 1.807) is 24.3 Å². The van der Waals surface area contributed by atoms with E-state index < -0.39 is 33.9 Å². The van der Waals surface area contributed by atoms with Gasteiger partial charge in [-0.2, -0.15) is 8.42 Å². The summed E-state index contributed by atoms with van der Waals surface area (Å²) in [6.45, 7) is 5.55. The third-order valence-electron chi connectivity index (χ3n) is 3.72. The SMILES string of the molecule is CON(C)C(=O)[C@H](CCS(=O)(=O)OCC(C)(C)C)NC(=O)OCc1ccccc1. The average Bonchev–Trinajstić information content (AvgIpc) is 2.67. The van der Waals surface area contributed by atoms with Gasteiger partial charge in [0.1, 0.15) is 12.6 Å². The van der Waals surface area contributed by atoms with Crippen molar-refractivity contribution >= 4 is 22.1 Å². The number of nitrogens with zero attached hydrogens (tertiary/aromatic N) is 1. The molecule has 0 saturated carbocycles. The number of carbonyl (C=O) groups excluding carboxylic acids is 2. The van der Waals surface area contributed by atoms with Gasteiger partial charge in [0.05, 0.1) is 19.5 Å². The molecule has 1 aromatic rings. The number of hydrogen-bond donors (Lipinski definition) is 1. The third-order valence-corrected chi connectivity index (χ3v) is 4.93. The Morgan fingerprint density at radius 2 is 1.79 bits per heavy atom. The highest BCUT2D eigenvalue weighted by atomic mass is 32.2. The fraction of sp³-hybridized carbons (Fsp3) is 0.579. The van der Waals surface area contributed by atoms with Crippen molar-refractivity contribution in [1.82, 2.24) is 10.4 Å². The minimum absolute atomic E-state index is 0.0124. The van der Waals surface area contributed by atoms with E-state index >= 15 is 0 Å². The van der Waals surface area contributed by atoms with Crippen LogP contribution in [0.1, 0.15) is 32.8 Å². The van der Waals surface area contributed by atoms with Gasteiger partial charge in [0.2, 0.25) is 0 Å². The Kier molecular flexibility index (Phi) is 9.54. The molecule has 0 aliphatic heterocycles. The molecular formula is C19H30N2O7S. The Labute approximate surface area is 172 Å². The summed E-state index contributed by atoms with van der Waals surface area (Å²) in [5, 5.41) is 3.30. The topological polar surface area (TPSA) is 111 Å². The first-order valence-electron chi connectivity index (χ1n) is 9.09. The van der Waals surface area contributed by atoms with Crippen LogP contribution in [0, 0.1) is 5.41 Å². The van der Waals surface area contributed by atoms with Gasteiger partial charge in [-0.25, -0.2) is 9.86 Å². The number of hydroxylamine groups is 2. The predicted octanol–water partition coefficient (Wildman–Crippen LogP) is 2.08. The number of rotatable bonds is 10. The molecule has 0 spiro atoms. The zero-order valence-corrected chi connectivity index (χ0v) is 18.3. The summed E-state index contributed by atoms with van der Waals surface area (Å²) in [5.41, 5.74) is 0.440. The van der Waals surface area contributed by atoms with Crippen LogP contribution in [0.15, 0.2) is 30.3 Å². The molecule has 0 aliphatic carbocycles. The monoisotopic (exact) mass is 430 g/mol. The van der Waals surface area contributed by atoms with Crippen molar-refractivity contribution in [3.63, 3.8) is 0 Å². The van der Waals surface area contributed by atoms with Gasteiger partial charge in [0.25, 0.3) is 16.0 Å². The van der Waals surface area contributed by atoms with E-state index in [9.17, 15) is 18.0 Å². The van der Waals surface area contributed by atoms with E-state index in [4.69, 9.17) is 13.8 Å². The molecule has 1 N–H and O–H groups in total. The van der Waals surface area contributed by atoms with Crippen molar-refractivity contribution in [1.29, 1.82) is 0 Å². The van der Waals surface area contributed by atoms with Crippen molar-refractivity contribution in [3.8, 4) is 0 Å². The van der Waals surface area contributed by atoms with Gasteiger partial charge < -0.3 is 10.1 Å². The quantitative estimate of drug-likeness (QED) is 0.447. The molecule has 0 saturated heterocycles. The number of amides is 2. The van der Waals surface area contributed by atoms with E-state index in [1.807, 2.05) is 26.8 Å². The zero-order valence-electron chi connectivity index (χ0n) is 17.5. The highest BCUT2D eigenvalue weighted by Gasteiger charge is 2.28. The predicted molar refractivity (Wildman–Crippen MR) is 107 cm³/mol. The number of ether oxygens (including phenoxy) is 1. The van der Waals surface area contributed by atoms with Crippen LogP contribution in [0.3, 0.4) is 0 Å². The fourth-order valence-electron chi connectivity index (χ4n) is 2.06. The maximum Gasteiger partial charge on any atom is 0.408 e. The van der Waals surface area contributed by atoms with Gasteiger partial charge >= 0.3 is 6.09 Å². The van der Waals surface area contributed by atoms with Crippen LogP contribution in [0.25, 0.3) is 0 Å². The van der Waals surface area contributed by atoms with E-state index in [0.29, 0.717) is 0 Å². The van der Waals surface area contributed by atoms with Crippen molar-refractivity contribution in [2.75, 3.05) is 26.5 Å². The van der Waals surface area contributed by atoms with E-state index in [0.717, 1.165) is 10.6 Å². The summed E-state index contributed by atoms with van der Waals surface area (Å²) in [5.74, 6) is -1.06. The fourth-order valence-corrected chi connectivity index (χ4v) is 3.24. The third kappa shape index (κ3) is 10.2. The molecule has 9 nitrogen and oxygen atoms in total. The maximum absolute atomic E-state index is 12.4. The maximum atomic E-state index is 12.4. The molecule has 0 heterocycles. The minimum atomic E-state index is -3.87. The molecule has 2 amide bonds. The zero-order chi connectivity index (χ0) is 22.1. The Balaban J connectivity index is 2.70. The molecule has 1 rings (SSSR count). The van der Waals surface area contributed by atoms with Crippen LogP contribution >= 0.6 is 0 Å². The van der Waals surface area contributed by atoms with Crippen molar-refractivity contribution < 1.29 is 31.8 Å². The number of alkyl carbamates (subject to hydrolysis) is 1. The molecule has 0 radical (unpaired) electrons. The van der Waals surface area contributed by atoms with E-state index in [1.165, 1.54) is 14.2 Å². The lowest BCUT2D eigenvalue weighted by Gasteiger charge is -2.23. The largest absolute Gasteiger partial charge is 0.445 e. The van der Waals surface area contributed by atoms with Crippen LogP contribution in [-0.4, -0.2) is 58.0 Å². The van der Waals surface area contributed by atoms with E-state index in [2.05, 4.69) is 5.32 Å². The Hall–Kier alpha value is -2.17. The van der Waals surface area contributed by atoms with Crippen LogP contribution < -0.4 is 5.32 Å². The molecule has 0 aromatic heterocycles. The van der Waals surface area contributed by atoms with Crippen LogP contribution in [0.4, 0.5) is 4.79 Å². The van der Waals surface area contributed by atoms with Crippen molar-refractivity contribution in [3.05, 3.63) is 35.9 Å². The van der Waals surface area contributed by atoms with E-state index in [-0.39, 0.29) is 25.0 Å². The van der Waals surface area contributed by atoms with Gasteiger partial charge in [-0.1, -0.05) is 51.1 Å². The number of nitrogens with one attached hydrogen (secondary N) is 1. The highest BCUT2D eigenvalue weighted by molar-refractivity contribution is 7.86. The first-order valence-corrected chi connectivity index (χ1v) is 10.7. The summed E-state index contributed by atoms with van der Waals surface area (Å²) < 4.78 is 34.3. The first kappa shape index (κ1) is 24.9. The summed E-state index contributed by atoms with van der Waals surface area (Å²) in [7, 11) is -1.23. The molecule has 164 valence electrons. The van der Waals surface area contributed by atoms with Crippen LogP contribution in [0.5, 0.6) is 0 Å². The highest BCUT2D eigenvalue weighted by Crippen LogP contribution is 2.15. The van der Waals surface area contributed by atoms with Gasteiger partial charge in [0, 0.05) is 7.05 Å². The Morgan fingerprint density at radius 3 is 2.34 bits per heavy atom. The smallest absolute Gasteiger partial charge is 0.408 e. The molecular weight excluding hydrogens is 400 g/mol. The van der Waals surface area contributed by atoms with Gasteiger partial charge in [-0.05, 0) is 17.4 Å². The molecule has 0 fully saturated rings. The average molecular weight is 431 g/mol. The minimum Gasteiger partial charge on any atom is -0.445 e. The van der Waals surface area contributed by atoms with Crippen molar-refractivity contribution in [2.45, 2.75) is 39.8 Å². The summed E-state index contributed by atoms with van der Waals surface area (Å²) in [4.78, 5) is 29.4. The molecule has 0 bridgehead atoms. The van der Waals surface area contributed by atoms with Gasteiger partial charge in [-0.3, -0.25) is 13.8 Å². The van der Waals surface area contributed by atoms with Crippen LogP contribution in [0.2, 0.25) is 0 Å². The molecule has 29 heavy (non-hydrogen) atoms. The second-order valence-electron chi connectivity index (χ2n) is 7.65. The lowest BCUT2D eigenvalue weighted by atomic mass is 9.99. The normalized spacial score (nSPS) is 12.9. The number of benzene rings is 1. The summed E-state index contributed by atoms with van der Waals surface area (Å²) in [6, 6.07) is 7.86. The standard InChI is InChI=1S/C19H30N2O7S/c1-19(2,3)14-28-29(24,25)12-11-16(17(22)21(4)26-5)20-18(23)27-13-15-9-7-6-8-10-15/h6-10,16H,11-14H2,1-5H3,(H,20,23)/t16-/m0/s1. The second-order valence-corrected chi connectivity index (χ2v) is 9.41.